The second-order valence-corrected chi connectivity index (χ2v) is 4.49. The minimum absolute atomic E-state index is 0.313. The van der Waals surface area contributed by atoms with Crippen LogP contribution in [0.25, 0.3) is 5.57 Å². The van der Waals surface area contributed by atoms with Crippen molar-refractivity contribution >= 4 is 11.5 Å². The minimum Gasteiger partial charge on any atom is -0.496 e. The molecule has 4 heteroatoms. The van der Waals surface area contributed by atoms with Gasteiger partial charge in [-0.2, -0.15) is 0 Å². The van der Waals surface area contributed by atoms with Crippen LogP contribution in [0.4, 0.5) is 0 Å². The van der Waals surface area contributed by atoms with Gasteiger partial charge < -0.3 is 14.2 Å². The Morgan fingerprint density at radius 3 is 2.20 bits per heavy atom. The van der Waals surface area contributed by atoms with Gasteiger partial charge in [0.05, 0.1) is 20.8 Å². The van der Waals surface area contributed by atoms with E-state index in [2.05, 4.69) is 0 Å². The highest BCUT2D eigenvalue weighted by atomic mass is 16.5. The number of rotatable bonds is 5. The lowest BCUT2D eigenvalue weighted by molar-refractivity contribution is -0.138. The van der Waals surface area contributed by atoms with E-state index in [1.165, 1.54) is 0 Å². The summed E-state index contributed by atoms with van der Waals surface area (Å²) in [5.74, 6) is 1.16. The maximum atomic E-state index is 11.8. The number of benzene rings is 1. The fourth-order valence-corrected chi connectivity index (χ4v) is 1.94. The van der Waals surface area contributed by atoms with Crippen LogP contribution in [-0.4, -0.2) is 26.8 Å². The third-order valence-corrected chi connectivity index (χ3v) is 3.27. The molecule has 0 radical (unpaired) electrons. The van der Waals surface area contributed by atoms with Crippen molar-refractivity contribution in [2.45, 2.75) is 27.7 Å². The summed E-state index contributed by atoms with van der Waals surface area (Å²) in [6.07, 6.45) is 0. The van der Waals surface area contributed by atoms with Crippen LogP contribution in [0, 0.1) is 6.92 Å². The summed E-state index contributed by atoms with van der Waals surface area (Å²) in [5.41, 5.74) is 3.20. The van der Waals surface area contributed by atoms with Crippen molar-refractivity contribution in [3.63, 3.8) is 0 Å². The molecule has 0 saturated carbocycles. The van der Waals surface area contributed by atoms with Gasteiger partial charge in [-0.1, -0.05) is 0 Å². The van der Waals surface area contributed by atoms with Gasteiger partial charge in [0.15, 0.2) is 0 Å². The van der Waals surface area contributed by atoms with Gasteiger partial charge in [-0.05, 0) is 51.0 Å². The minimum atomic E-state index is -0.313. The van der Waals surface area contributed by atoms with E-state index >= 15 is 0 Å². The quantitative estimate of drug-likeness (QED) is 0.612. The van der Waals surface area contributed by atoms with Crippen LogP contribution in [-0.2, 0) is 9.53 Å². The van der Waals surface area contributed by atoms with Crippen LogP contribution in [0.5, 0.6) is 11.5 Å². The van der Waals surface area contributed by atoms with Crippen LogP contribution in [0.2, 0.25) is 0 Å². The highest BCUT2D eigenvalue weighted by Gasteiger charge is 2.15. The van der Waals surface area contributed by atoms with Gasteiger partial charge in [0.2, 0.25) is 0 Å². The number of esters is 1. The molecule has 0 aliphatic carbocycles. The maximum absolute atomic E-state index is 11.8. The van der Waals surface area contributed by atoms with Gasteiger partial charge in [-0.25, -0.2) is 4.79 Å². The number of ether oxygens (including phenoxy) is 3. The molecular weight excluding hydrogens is 256 g/mol. The molecule has 0 atom stereocenters. The third-order valence-electron chi connectivity index (χ3n) is 3.27. The Labute approximate surface area is 120 Å². The summed E-state index contributed by atoms with van der Waals surface area (Å²) in [5, 5.41) is 0. The van der Waals surface area contributed by atoms with Crippen LogP contribution in [0.1, 0.15) is 31.9 Å². The molecule has 0 aliphatic heterocycles. The first-order valence-corrected chi connectivity index (χ1v) is 6.53. The predicted molar refractivity (Wildman–Crippen MR) is 79.2 cm³/mol. The monoisotopic (exact) mass is 278 g/mol. The number of carbonyl (C=O) groups excluding carboxylic acids is 1. The van der Waals surface area contributed by atoms with Gasteiger partial charge in [0.25, 0.3) is 0 Å². The van der Waals surface area contributed by atoms with Gasteiger partial charge >= 0.3 is 5.97 Å². The zero-order chi connectivity index (χ0) is 15.3. The lowest BCUT2D eigenvalue weighted by atomic mass is 9.99. The smallest absolute Gasteiger partial charge is 0.333 e. The fraction of sp³-hybridized carbons (Fsp3) is 0.438. The standard InChI is InChI=1S/C16H22O4/c1-7-20-16(17)12(4)11(3)13-9-14(18-5)10(2)8-15(13)19-6/h8-9H,7H2,1-6H3/b12-11+. The Hall–Kier alpha value is -1.97. The Morgan fingerprint density at radius 1 is 1.10 bits per heavy atom. The summed E-state index contributed by atoms with van der Waals surface area (Å²) >= 11 is 0. The van der Waals surface area contributed by atoms with Gasteiger partial charge in [0.1, 0.15) is 11.5 Å². The predicted octanol–water partition coefficient (Wildman–Crippen LogP) is 3.37. The molecule has 1 aromatic carbocycles. The Kier molecular flexibility index (Phi) is 5.62. The third kappa shape index (κ3) is 3.32. The van der Waals surface area contributed by atoms with E-state index in [1.54, 1.807) is 28.1 Å². The first kappa shape index (κ1) is 16.1. The highest BCUT2D eigenvalue weighted by Crippen LogP contribution is 2.34. The molecule has 0 fully saturated rings. The van der Waals surface area contributed by atoms with E-state index < -0.39 is 0 Å². The molecule has 0 N–H and O–H groups in total. The normalized spacial score (nSPS) is 11.7. The second-order valence-electron chi connectivity index (χ2n) is 4.49. The Morgan fingerprint density at radius 2 is 1.70 bits per heavy atom. The molecule has 4 nitrogen and oxygen atoms in total. The average Bonchev–Trinajstić information content (AvgIpc) is 2.45. The van der Waals surface area contributed by atoms with Gasteiger partial charge in [-0.3, -0.25) is 0 Å². The summed E-state index contributed by atoms with van der Waals surface area (Å²) in [6, 6.07) is 3.78. The molecule has 0 heterocycles. The topological polar surface area (TPSA) is 44.8 Å². The number of aryl methyl sites for hydroxylation is 1. The highest BCUT2D eigenvalue weighted by molar-refractivity contribution is 5.97. The van der Waals surface area contributed by atoms with E-state index in [0.717, 1.165) is 22.4 Å². The number of methoxy groups -OCH3 is 2. The van der Waals surface area contributed by atoms with Crippen LogP contribution in [0.15, 0.2) is 17.7 Å². The first-order valence-electron chi connectivity index (χ1n) is 6.53. The lowest BCUT2D eigenvalue weighted by Crippen LogP contribution is -2.07. The number of allylic oxidation sites excluding steroid dienone is 1. The molecule has 20 heavy (non-hydrogen) atoms. The van der Waals surface area contributed by atoms with E-state index in [0.29, 0.717) is 17.9 Å². The second kappa shape index (κ2) is 6.98. The summed E-state index contributed by atoms with van der Waals surface area (Å²) < 4.78 is 15.8. The van der Waals surface area contributed by atoms with E-state index in [4.69, 9.17) is 14.2 Å². The lowest BCUT2D eigenvalue weighted by Gasteiger charge is -2.15. The molecule has 0 spiro atoms. The van der Waals surface area contributed by atoms with Crippen LogP contribution < -0.4 is 9.47 Å². The zero-order valence-electron chi connectivity index (χ0n) is 13.0. The van der Waals surface area contributed by atoms with Crippen molar-refractivity contribution in [2.75, 3.05) is 20.8 Å². The Balaban J connectivity index is 3.36. The van der Waals surface area contributed by atoms with Crippen LogP contribution in [0.3, 0.4) is 0 Å². The van der Waals surface area contributed by atoms with E-state index in [9.17, 15) is 4.79 Å². The summed E-state index contributed by atoms with van der Waals surface area (Å²) in [6.45, 7) is 7.72. The molecule has 0 aliphatic rings. The molecule has 110 valence electrons. The molecule has 1 aromatic rings. The van der Waals surface area contributed by atoms with Crippen molar-refractivity contribution in [3.8, 4) is 11.5 Å². The molecule has 0 saturated heterocycles. The van der Waals surface area contributed by atoms with Gasteiger partial charge in [0, 0.05) is 11.1 Å². The number of hydrogen-bond donors (Lipinski definition) is 0. The fourth-order valence-electron chi connectivity index (χ4n) is 1.94. The maximum Gasteiger partial charge on any atom is 0.333 e. The molecule has 0 aromatic heterocycles. The molecule has 1 rings (SSSR count). The molecule has 0 amide bonds. The van der Waals surface area contributed by atoms with Crippen molar-refractivity contribution in [1.29, 1.82) is 0 Å². The number of carbonyl (C=O) groups is 1. The largest absolute Gasteiger partial charge is 0.496 e. The van der Waals surface area contributed by atoms with Crippen LogP contribution >= 0.6 is 0 Å². The SMILES string of the molecule is CCOC(=O)/C(C)=C(\C)c1cc(OC)c(C)cc1OC. The van der Waals surface area contributed by atoms with E-state index in [-0.39, 0.29) is 5.97 Å². The molecule has 0 bridgehead atoms. The van der Waals surface area contributed by atoms with Crippen molar-refractivity contribution < 1.29 is 19.0 Å². The number of hydrogen-bond acceptors (Lipinski definition) is 4. The average molecular weight is 278 g/mol. The summed E-state index contributed by atoms with van der Waals surface area (Å²) in [4.78, 5) is 11.8. The molecule has 0 unspecified atom stereocenters. The Bertz CT molecular complexity index is 530. The van der Waals surface area contributed by atoms with Gasteiger partial charge in [-0.15, -0.1) is 0 Å². The first-order chi connectivity index (χ1) is 9.46. The van der Waals surface area contributed by atoms with E-state index in [1.807, 2.05) is 26.0 Å². The zero-order valence-corrected chi connectivity index (χ0v) is 13.0. The molecular formula is C16H22O4. The van der Waals surface area contributed by atoms with Crippen molar-refractivity contribution in [2.24, 2.45) is 0 Å². The van der Waals surface area contributed by atoms with Crippen molar-refractivity contribution in [3.05, 3.63) is 28.8 Å². The summed E-state index contributed by atoms with van der Waals surface area (Å²) in [7, 11) is 3.23. The van der Waals surface area contributed by atoms with Crippen molar-refractivity contribution in [1.82, 2.24) is 0 Å².